The number of halogens is 1. The number of ether oxygens (including phenoxy) is 1. The average Bonchev–Trinajstić information content (AvgIpc) is 2.55. The molecular formula is C18H22FN3O2. The van der Waals surface area contributed by atoms with Gasteiger partial charge in [0.25, 0.3) is 5.91 Å². The molecule has 2 aromatic rings. The van der Waals surface area contributed by atoms with Gasteiger partial charge in [0.2, 0.25) is 0 Å². The highest BCUT2D eigenvalue weighted by molar-refractivity contribution is 5.98. The van der Waals surface area contributed by atoms with Gasteiger partial charge in [-0.25, -0.2) is 9.37 Å². The quantitative estimate of drug-likeness (QED) is 0.764. The molecule has 1 aromatic heterocycles. The van der Waals surface area contributed by atoms with Crippen molar-refractivity contribution in [3.05, 3.63) is 53.0 Å². The zero-order valence-corrected chi connectivity index (χ0v) is 13.9. The molecule has 0 unspecified atom stereocenters. The van der Waals surface area contributed by atoms with Crippen LogP contribution in [0.2, 0.25) is 0 Å². The molecule has 128 valence electrons. The van der Waals surface area contributed by atoms with E-state index in [0.29, 0.717) is 12.2 Å². The maximum atomic E-state index is 14.4. The van der Waals surface area contributed by atoms with Crippen LogP contribution in [0.4, 0.5) is 10.2 Å². The summed E-state index contributed by atoms with van der Waals surface area (Å²) in [6.07, 6.45) is 1.84. The fourth-order valence-electron chi connectivity index (χ4n) is 2.17. The number of aromatic nitrogens is 1. The third-order valence-corrected chi connectivity index (χ3v) is 3.55. The van der Waals surface area contributed by atoms with E-state index in [1.165, 1.54) is 0 Å². The van der Waals surface area contributed by atoms with E-state index >= 15 is 0 Å². The summed E-state index contributed by atoms with van der Waals surface area (Å²) in [4.78, 5) is 16.2. The average molecular weight is 331 g/mol. The minimum absolute atomic E-state index is 0.0446. The summed E-state index contributed by atoms with van der Waals surface area (Å²) in [7, 11) is 0. The number of carbonyl (C=O) groups is 1. The first-order valence-corrected chi connectivity index (χ1v) is 7.94. The lowest BCUT2D eigenvalue weighted by molar-refractivity contribution is 0.0951. The minimum atomic E-state index is -0.455. The summed E-state index contributed by atoms with van der Waals surface area (Å²) < 4.78 is 19.8. The molecule has 2 rings (SSSR count). The number of nitrogen functional groups attached to an aromatic ring is 1. The smallest absolute Gasteiger partial charge is 0.255 e. The molecule has 1 amide bonds. The van der Waals surface area contributed by atoms with Crippen molar-refractivity contribution in [2.45, 2.75) is 33.2 Å². The van der Waals surface area contributed by atoms with Crippen molar-refractivity contribution in [1.29, 1.82) is 0 Å². The predicted octanol–water partition coefficient (Wildman–Crippen LogP) is 3.22. The molecular weight excluding hydrogens is 309 g/mol. The molecule has 0 saturated heterocycles. The molecule has 0 atom stereocenters. The van der Waals surface area contributed by atoms with Crippen LogP contribution in [-0.4, -0.2) is 17.5 Å². The molecule has 0 aliphatic rings. The van der Waals surface area contributed by atoms with Crippen LogP contribution in [0.25, 0.3) is 0 Å². The predicted molar refractivity (Wildman–Crippen MR) is 91.4 cm³/mol. The van der Waals surface area contributed by atoms with E-state index in [2.05, 4.69) is 10.3 Å². The van der Waals surface area contributed by atoms with Gasteiger partial charge in [0.05, 0.1) is 12.2 Å². The molecule has 0 aliphatic heterocycles. The normalized spacial score (nSPS) is 10.5. The van der Waals surface area contributed by atoms with Crippen LogP contribution in [0, 0.1) is 12.7 Å². The Bertz CT molecular complexity index is 719. The van der Waals surface area contributed by atoms with Crippen molar-refractivity contribution in [2.24, 2.45) is 0 Å². The molecule has 0 bridgehead atoms. The first-order valence-electron chi connectivity index (χ1n) is 7.94. The number of hydrogen-bond acceptors (Lipinski definition) is 4. The number of aryl methyl sites for hydroxylation is 1. The highest BCUT2D eigenvalue weighted by Gasteiger charge is 2.13. The standard InChI is InChI=1S/C18H22FN3O2/c1-3-4-10-24-15-7-5-6-13(16(15)19)11-21-18(23)14-9-8-12(2)22-17(14)20/h5-9H,3-4,10-11H2,1-2H3,(H2,20,22)(H,21,23). The number of anilines is 1. The van der Waals surface area contributed by atoms with E-state index < -0.39 is 11.7 Å². The second kappa shape index (κ2) is 8.29. The Hall–Kier alpha value is -2.63. The Morgan fingerprint density at radius 1 is 1.33 bits per heavy atom. The molecule has 0 saturated carbocycles. The van der Waals surface area contributed by atoms with Crippen LogP contribution in [-0.2, 0) is 6.54 Å². The van der Waals surface area contributed by atoms with E-state index in [4.69, 9.17) is 10.5 Å². The van der Waals surface area contributed by atoms with Gasteiger partial charge in [-0.15, -0.1) is 0 Å². The number of rotatable bonds is 7. The molecule has 0 spiro atoms. The fraction of sp³-hybridized carbons (Fsp3) is 0.333. The third kappa shape index (κ3) is 4.44. The number of nitrogens with two attached hydrogens (primary N) is 1. The Balaban J connectivity index is 2.03. The van der Waals surface area contributed by atoms with Crippen molar-refractivity contribution >= 4 is 11.7 Å². The molecule has 6 heteroatoms. The fourth-order valence-corrected chi connectivity index (χ4v) is 2.17. The molecule has 1 aromatic carbocycles. The van der Waals surface area contributed by atoms with Crippen molar-refractivity contribution in [2.75, 3.05) is 12.3 Å². The van der Waals surface area contributed by atoms with Crippen LogP contribution >= 0.6 is 0 Å². The minimum Gasteiger partial charge on any atom is -0.491 e. The molecule has 0 radical (unpaired) electrons. The Morgan fingerprint density at radius 2 is 2.12 bits per heavy atom. The van der Waals surface area contributed by atoms with Gasteiger partial charge < -0.3 is 15.8 Å². The van der Waals surface area contributed by atoms with Crippen LogP contribution in [0.5, 0.6) is 5.75 Å². The SMILES string of the molecule is CCCCOc1cccc(CNC(=O)c2ccc(C)nc2N)c1F. The van der Waals surface area contributed by atoms with Gasteiger partial charge in [-0.1, -0.05) is 25.5 Å². The lowest BCUT2D eigenvalue weighted by Gasteiger charge is -2.11. The van der Waals surface area contributed by atoms with Crippen LogP contribution in [0.1, 0.15) is 41.4 Å². The number of amides is 1. The van der Waals surface area contributed by atoms with Crippen LogP contribution < -0.4 is 15.8 Å². The van der Waals surface area contributed by atoms with Crippen molar-refractivity contribution in [1.82, 2.24) is 10.3 Å². The number of carbonyl (C=O) groups excluding carboxylic acids is 1. The zero-order chi connectivity index (χ0) is 17.5. The lowest BCUT2D eigenvalue weighted by Crippen LogP contribution is -2.24. The van der Waals surface area contributed by atoms with E-state index in [9.17, 15) is 9.18 Å². The number of pyridine rings is 1. The summed E-state index contributed by atoms with van der Waals surface area (Å²) in [6.45, 7) is 4.34. The van der Waals surface area contributed by atoms with Gasteiger partial charge in [0, 0.05) is 17.8 Å². The Labute approximate surface area is 141 Å². The zero-order valence-electron chi connectivity index (χ0n) is 13.9. The molecule has 0 fully saturated rings. The van der Waals surface area contributed by atoms with E-state index in [1.54, 1.807) is 37.3 Å². The molecule has 5 nitrogen and oxygen atoms in total. The van der Waals surface area contributed by atoms with Gasteiger partial charge in [-0.2, -0.15) is 0 Å². The van der Waals surface area contributed by atoms with Gasteiger partial charge in [-0.3, -0.25) is 4.79 Å². The Morgan fingerprint density at radius 3 is 2.83 bits per heavy atom. The van der Waals surface area contributed by atoms with Crippen LogP contribution in [0.3, 0.4) is 0 Å². The van der Waals surface area contributed by atoms with Crippen molar-refractivity contribution in [3.8, 4) is 5.75 Å². The highest BCUT2D eigenvalue weighted by atomic mass is 19.1. The molecule has 3 N–H and O–H groups in total. The highest BCUT2D eigenvalue weighted by Crippen LogP contribution is 2.21. The number of nitrogens with zero attached hydrogens (tertiary/aromatic N) is 1. The summed E-state index contributed by atoms with van der Waals surface area (Å²) in [6, 6.07) is 8.20. The molecule has 1 heterocycles. The summed E-state index contributed by atoms with van der Waals surface area (Å²) >= 11 is 0. The first kappa shape index (κ1) is 17.7. The lowest BCUT2D eigenvalue weighted by atomic mass is 10.1. The van der Waals surface area contributed by atoms with E-state index in [0.717, 1.165) is 18.5 Å². The van der Waals surface area contributed by atoms with E-state index in [1.807, 2.05) is 6.92 Å². The largest absolute Gasteiger partial charge is 0.491 e. The first-order chi connectivity index (χ1) is 11.5. The van der Waals surface area contributed by atoms with Gasteiger partial charge >= 0.3 is 0 Å². The third-order valence-electron chi connectivity index (χ3n) is 3.55. The van der Waals surface area contributed by atoms with Gasteiger partial charge in [0.15, 0.2) is 11.6 Å². The van der Waals surface area contributed by atoms with Crippen molar-refractivity contribution in [3.63, 3.8) is 0 Å². The monoisotopic (exact) mass is 331 g/mol. The molecule has 24 heavy (non-hydrogen) atoms. The second-order valence-electron chi connectivity index (χ2n) is 5.50. The summed E-state index contributed by atoms with van der Waals surface area (Å²) in [5.74, 6) is -0.489. The maximum absolute atomic E-state index is 14.4. The number of hydrogen-bond donors (Lipinski definition) is 2. The summed E-state index contributed by atoms with van der Waals surface area (Å²) in [5, 5.41) is 2.66. The second-order valence-corrected chi connectivity index (χ2v) is 5.50. The van der Waals surface area contributed by atoms with Crippen LogP contribution in [0.15, 0.2) is 30.3 Å². The maximum Gasteiger partial charge on any atom is 0.255 e. The topological polar surface area (TPSA) is 77.2 Å². The van der Waals surface area contributed by atoms with Crippen molar-refractivity contribution < 1.29 is 13.9 Å². The Kier molecular flexibility index (Phi) is 6.12. The number of benzene rings is 1. The van der Waals surface area contributed by atoms with E-state index in [-0.39, 0.29) is 23.7 Å². The summed E-state index contributed by atoms with van der Waals surface area (Å²) in [5.41, 5.74) is 7.11. The molecule has 0 aliphatic carbocycles. The number of nitrogens with one attached hydrogen (secondary N) is 1. The number of unbranched alkanes of at least 4 members (excludes halogenated alkanes) is 1. The van der Waals surface area contributed by atoms with Gasteiger partial charge in [-0.05, 0) is 31.5 Å². The van der Waals surface area contributed by atoms with Gasteiger partial charge in [0.1, 0.15) is 5.82 Å².